The molecule has 168 valence electrons. The third kappa shape index (κ3) is 6.29. The third-order valence-electron chi connectivity index (χ3n) is 5.44. The van der Waals surface area contributed by atoms with Gasteiger partial charge in [-0.25, -0.2) is 18.1 Å². The highest BCUT2D eigenvalue weighted by atomic mass is 32.2. The smallest absolute Gasteiger partial charge is 0.240 e. The maximum absolute atomic E-state index is 12.5. The Morgan fingerprint density at radius 3 is 2.39 bits per heavy atom. The van der Waals surface area contributed by atoms with E-state index in [1.165, 1.54) is 11.1 Å². The lowest BCUT2D eigenvalue weighted by molar-refractivity contribution is 0.114. The van der Waals surface area contributed by atoms with Crippen molar-refractivity contribution in [3.8, 4) is 0 Å². The average Bonchev–Trinajstić information content (AvgIpc) is 3.30. The Hall–Kier alpha value is -2.42. The molecule has 7 nitrogen and oxygen atoms in total. The van der Waals surface area contributed by atoms with Gasteiger partial charge in [0.1, 0.15) is 0 Å². The molecule has 8 heteroatoms. The zero-order valence-electron chi connectivity index (χ0n) is 18.2. The van der Waals surface area contributed by atoms with Gasteiger partial charge in [-0.2, -0.15) is 0 Å². The van der Waals surface area contributed by atoms with Crippen molar-refractivity contribution in [1.82, 2.24) is 4.72 Å². The Labute approximate surface area is 185 Å². The molecule has 31 heavy (non-hydrogen) atoms. The molecule has 0 bridgehead atoms. The number of benzene rings is 2. The average molecular weight is 445 g/mol. The number of hydrogen-bond donors (Lipinski definition) is 3. The van der Waals surface area contributed by atoms with E-state index in [1.807, 2.05) is 0 Å². The second-order valence-corrected chi connectivity index (χ2v) is 9.38. The molecule has 1 heterocycles. The molecule has 0 spiro atoms. The molecule has 1 aliphatic heterocycles. The summed E-state index contributed by atoms with van der Waals surface area (Å²) in [5.74, 6) is 0.338. The van der Waals surface area contributed by atoms with Crippen LogP contribution in [0.15, 0.2) is 52.4 Å². The molecule has 1 aliphatic rings. The number of nitrogens with zero attached hydrogens (tertiary/aromatic N) is 1. The summed E-state index contributed by atoms with van der Waals surface area (Å²) in [5.41, 5.74) is 10.4. The van der Waals surface area contributed by atoms with Gasteiger partial charge in [-0.05, 0) is 54.5 Å². The summed E-state index contributed by atoms with van der Waals surface area (Å²) in [4.78, 5) is 4.65. The van der Waals surface area contributed by atoms with E-state index in [0.29, 0.717) is 25.7 Å². The summed E-state index contributed by atoms with van der Waals surface area (Å²) >= 11 is 0. The van der Waals surface area contributed by atoms with Crippen LogP contribution in [0.4, 0.5) is 5.69 Å². The molecule has 2 aromatic rings. The third-order valence-corrected chi connectivity index (χ3v) is 6.88. The van der Waals surface area contributed by atoms with Crippen LogP contribution in [0.3, 0.4) is 0 Å². The minimum Gasteiger partial charge on any atom is -0.377 e. The fraction of sp³-hybridized carbons (Fsp3) is 0.435. The number of ether oxygens (including phenoxy) is 1. The molecular formula is C23H32N4O3S. The predicted molar refractivity (Wildman–Crippen MR) is 125 cm³/mol. The number of nitrogens with two attached hydrogens (primary N) is 1. The van der Waals surface area contributed by atoms with Crippen LogP contribution in [0.1, 0.15) is 43.4 Å². The predicted octanol–water partition coefficient (Wildman–Crippen LogP) is 3.20. The van der Waals surface area contributed by atoms with Crippen molar-refractivity contribution in [2.45, 2.75) is 57.1 Å². The van der Waals surface area contributed by atoms with Crippen molar-refractivity contribution in [2.24, 2.45) is 10.7 Å². The van der Waals surface area contributed by atoms with Gasteiger partial charge in [0.2, 0.25) is 10.0 Å². The Kier molecular flexibility index (Phi) is 8.06. The monoisotopic (exact) mass is 444 g/mol. The minimum absolute atomic E-state index is 0.0371. The quantitative estimate of drug-likeness (QED) is 0.407. The number of aryl methyl sites for hydroxylation is 2. The van der Waals surface area contributed by atoms with Crippen LogP contribution >= 0.6 is 0 Å². The first-order chi connectivity index (χ1) is 14.9. The fourth-order valence-electron chi connectivity index (χ4n) is 3.61. The molecule has 0 aromatic heterocycles. The lowest BCUT2D eigenvalue weighted by Crippen LogP contribution is -2.31. The van der Waals surface area contributed by atoms with Crippen molar-refractivity contribution in [3.05, 3.63) is 59.2 Å². The van der Waals surface area contributed by atoms with Gasteiger partial charge in [-0.15, -0.1) is 0 Å². The second kappa shape index (κ2) is 10.7. The largest absolute Gasteiger partial charge is 0.377 e. The highest BCUT2D eigenvalue weighted by Crippen LogP contribution is 2.22. The van der Waals surface area contributed by atoms with Gasteiger partial charge < -0.3 is 15.8 Å². The van der Waals surface area contributed by atoms with E-state index in [2.05, 4.69) is 47.1 Å². The van der Waals surface area contributed by atoms with E-state index in [0.717, 1.165) is 36.9 Å². The Balaban J connectivity index is 1.61. The molecule has 3 rings (SSSR count). The second-order valence-electron chi connectivity index (χ2n) is 7.62. The fourth-order valence-corrected chi connectivity index (χ4v) is 4.68. The number of guanidine groups is 1. The first kappa shape index (κ1) is 23.2. The van der Waals surface area contributed by atoms with Crippen LogP contribution in [0, 0.1) is 0 Å². The summed E-state index contributed by atoms with van der Waals surface area (Å²) < 4.78 is 33.0. The molecule has 0 radical (unpaired) electrons. The SMILES string of the molecule is CCc1cccc(CC)c1NC(N)=NCc1ccc(S(=O)(=O)NCC2CCCO2)cc1. The number of aliphatic imine (C=N–C) groups is 1. The van der Waals surface area contributed by atoms with Gasteiger partial charge in [-0.1, -0.05) is 44.2 Å². The van der Waals surface area contributed by atoms with Crippen molar-refractivity contribution < 1.29 is 13.2 Å². The standard InChI is InChI=1S/C23H32N4O3S/c1-3-18-7-5-8-19(4-2)22(18)27-23(24)25-15-17-10-12-21(13-11-17)31(28,29)26-16-20-9-6-14-30-20/h5,7-8,10-13,20,26H,3-4,6,9,14-16H2,1-2H3,(H3,24,25,27). The minimum atomic E-state index is -3.55. The number of sulfonamides is 1. The van der Waals surface area contributed by atoms with E-state index in [1.54, 1.807) is 24.3 Å². The van der Waals surface area contributed by atoms with Gasteiger partial charge >= 0.3 is 0 Å². The Morgan fingerprint density at radius 1 is 1.13 bits per heavy atom. The molecular weight excluding hydrogens is 412 g/mol. The topological polar surface area (TPSA) is 106 Å². The van der Waals surface area contributed by atoms with Gasteiger partial charge in [0.25, 0.3) is 0 Å². The van der Waals surface area contributed by atoms with Crippen LogP contribution in [-0.2, 0) is 34.1 Å². The van der Waals surface area contributed by atoms with E-state index in [-0.39, 0.29) is 11.0 Å². The van der Waals surface area contributed by atoms with Crippen molar-refractivity contribution >= 4 is 21.7 Å². The molecule has 4 N–H and O–H groups in total. The van der Waals surface area contributed by atoms with Crippen molar-refractivity contribution in [2.75, 3.05) is 18.5 Å². The zero-order valence-corrected chi connectivity index (χ0v) is 19.0. The van der Waals surface area contributed by atoms with Crippen molar-refractivity contribution in [3.63, 3.8) is 0 Å². The van der Waals surface area contributed by atoms with Gasteiger partial charge in [0.05, 0.1) is 17.5 Å². The Morgan fingerprint density at radius 2 is 1.81 bits per heavy atom. The molecule has 0 amide bonds. The number of hydrogen-bond acceptors (Lipinski definition) is 4. The van der Waals surface area contributed by atoms with Gasteiger partial charge in [-0.3, -0.25) is 0 Å². The molecule has 1 saturated heterocycles. The van der Waals surface area contributed by atoms with Crippen LogP contribution in [0.25, 0.3) is 0 Å². The number of nitrogens with one attached hydrogen (secondary N) is 2. The normalized spacial score (nSPS) is 17.1. The molecule has 1 unspecified atom stereocenters. The lowest BCUT2D eigenvalue weighted by Gasteiger charge is -2.15. The van der Waals surface area contributed by atoms with Crippen LogP contribution < -0.4 is 15.8 Å². The first-order valence-electron chi connectivity index (χ1n) is 10.8. The lowest BCUT2D eigenvalue weighted by atomic mass is 10.0. The van der Waals surface area contributed by atoms with E-state index in [9.17, 15) is 8.42 Å². The molecule has 2 aromatic carbocycles. The zero-order chi connectivity index (χ0) is 22.3. The highest BCUT2D eigenvalue weighted by molar-refractivity contribution is 7.89. The van der Waals surface area contributed by atoms with Gasteiger partial charge in [0.15, 0.2) is 5.96 Å². The van der Waals surface area contributed by atoms with Crippen LogP contribution in [-0.4, -0.2) is 33.6 Å². The Bertz CT molecular complexity index is 976. The summed E-state index contributed by atoms with van der Waals surface area (Å²) in [6.45, 7) is 5.58. The van der Waals surface area contributed by atoms with Crippen LogP contribution in [0.5, 0.6) is 0 Å². The molecule has 0 aliphatic carbocycles. The van der Waals surface area contributed by atoms with Gasteiger partial charge in [0, 0.05) is 18.8 Å². The number of rotatable bonds is 9. The molecule has 0 saturated carbocycles. The van der Waals surface area contributed by atoms with Crippen molar-refractivity contribution in [1.29, 1.82) is 0 Å². The first-order valence-corrected chi connectivity index (χ1v) is 12.3. The number of para-hydroxylation sites is 1. The van der Waals surface area contributed by atoms with E-state index in [4.69, 9.17) is 10.5 Å². The summed E-state index contributed by atoms with van der Waals surface area (Å²) in [7, 11) is -3.55. The molecule has 1 fully saturated rings. The summed E-state index contributed by atoms with van der Waals surface area (Å²) in [6, 6.07) is 12.9. The van der Waals surface area contributed by atoms with Crippen LogP contribution in [0.2, 0.25) is 0 Å². The highest BCUT2D eigenvalue weighted by Gasteiger charge is 2.20. The van der Waals surface area contributed by atoms with E-state index < -0.39 is 10.0 Å². The summed E-state index contributed by atoms with van der Waals surface area (Å²) in [6.07, 6.45) is 3.63. The number of anilines is 1. The molecule has 1 atom stereocenters. The maximum atomic E-state index is 12.5. The summed E-state index contributed by atoms with van der Waals surface area (Å²) in [5, 5.41) is 3.24. The van der Waals surface area contributed by atoms with E-state index >= 15 is 0 Å². The maximum Gasteiger partial charge on any atom is 0.240 e.